The largest absolute Gasteiger partial charge is 0.375 e. The Labute approximate surface area is 120 Å². The molecular weight excluding hydrogens is 252 g/mol. The third-order valence-corrected chi connectivity index (χ3v) is 4.50. The third-order valence-electron chi connectivity index (χ3n) is 4.50. The van der Waals surface area contributed by atoms with Crippen LogP contribution in [0.4, 0.5) is 5.95 Å². The van der Waals surface area contributed by atoms with Crippen LogP contribution in [-0.2, 0) is 4.74 Å². The van der Waals surface area contributed by atoms with Crippen molar-refractivity contribution in [1.82, 2.24) is 15.3 Å². The van der Waals surface area contributed by atoms with Gasteiger partial charge in [0.25, 0.3) is 0 Å². The first-order valence-corrected chi connectivity index (χ1v) is 7.71. The number of piperidine rings is 1. The summed E-state index contributed by atoms with van der Waals surface area (Å²) in [5.74, 6) is 0.849. The Kier molecular flexibility index (Phi) is 4.17. The van der Waals surface area contributed by atoms with Crippen LogP contribution >= 0.6 is 0 Å². The smallest absolute Gasteiger partial charge is 0.225 e. The van der Waals surface area contributed by atoms with E-state index in [0.29, 0.717) is 6.04 Å². The van der Waals surface area contributed by atoms with Gasteiger partial charge in [0.15, 0.2) is 0 Å². The molecule has 1 N–H and O–H groups in total. The van der Waals surface area contributed by atoms with E-state index in [2.05, 4.69) is 27.1 Å². The van der Waals surface area contributed by atoms with Crippen LogP contribution in [0, 0.1) is 0 Å². The molecule has 1 spiro atoms. The van der Waals surface area contributed by atoms with E-state index in [9.17, 15) is 0 Å². The molecular formula is C15H24N4O. The number of hydrogen-bond donors (Lipinski definition) is 1. The third kappa shape index (κ3) is 2.94. The lowest BCUT2D eigenvalue weighted by Gasteiger charge is -2.46. The van der Waals surface area contributed by atoms with Gasteiger partial charge >= 0.3 is 0 Å². The van der Waals surface area contributed by atoms with Crippen LogP contribution in [0.25, 0.3) is 0 Å². The fourth-order valence-corrected chi connectivity index (χ4v) is 3.41. The number of ether oxygens (including phenoxy) is 1. The molecule has 5 nitrogen and oxygen atoms in total. The van der Waals surface area contributed by atoms with Crippen LogP contribution in [0.15, 0.2) is 18.5 Å². The molecule has 3 heterocycles. The molecule has 0 saturated carbocycles. The molecule has 0 aliphatic carbocycles. The summed E-state index contributed by atoms with van der Waals surface area (Å²) in [7, 11) is 0. The van der Waals surface area contributed by atoms with Crippen molar-refractivity contribution in [3.8, 4) is 0 Å². The van der Waals surface area contributed by atoms with Crippen LogP contribution in [0.2, 0.25) is 0 Å². The van der Waals surface area contributed by atoms with Gasteiger partial charge in [-0.1, -0.05) is 6.92 Å². The summed E-state index contributed by atoms with van der Waals surface area (Å²) in [6.07, 6.45) is 8.06. The van der Waals surface area contributed by atoms with Gasteiger partial charge in [0, 0.05) is 38.1 Å². The fourth-order valence-electron chi connectivity index (χ4n) is 3.41. The summed E-state index contributed by atoms with van der Waals surface area (Å²) in [6, 6.07) is 2.48. The van der Waals surface area contributed by atoms with Crippen molar-refractivity contribution in [2.24, 2.45) is 0 Å². The normalized spacial score (nSPS) is 25.9. The van der Waals surface area contributed by atoms with Gasteiger partial charge in [-0.15, -0.1) is 0 Å². The fraction of sp³-hybridized carbons (Fsp3) is 0.733. The molecule has 2 aliphatic rings. The summed E-state index contributed by atoms with van der Waals surface area (Å²) in [5.41, 5.74) is 0.0797. The standard InChI is InChI=1S/C15H24N4O/c1-2-16-13-4-11-20-15(12-13)5-9-19(10-6-15)14-17-7-3-8-18-14/h3,7-8,13,16H,2,4-6,9-12H2,1H3/t13-/m0/s1. The Morgan fingerprint density at radius 2 is 2.10 bits per heavy atom. The van der Waals surface area contributed by atoms with Crippen LogP contribution < -0.4 is 10.2 Å². The molecule has 0 amide bonds. The number of nitrogens with one attached hydrogen (secondary N) is 1. The second kappa shape index (κ2) is 6.06. The molecule has 5 heteroatoms. The molecule has 1 atom stereocenters. The second-order valence-corrected chi connectivity index (χ2v) is 5.81. The van der Waals surface area contributed by atoms with Crippen molar-refractivity contribution >= 4 is 5.95 Å². The highest BCUT2D eigenvalue weighted by Gasteiger charge is 2.40. The lowest BCUT2D eigenvalue weighted by Crippen LogP contribution is -2.53. The van der Waals surface area contributed by atoms with Gasteiger partial charge in [-0.2, -0.15) is 0 Å². The minimum Gasteiger partial charge on any atom is -0.375 e. The molecule has 2 saturated heterocycles. The Morgan fingerprint density at radius 3 is 2.80 bits per heavy atom. The van der Waals surface area contributed by atoms with Gasteiger partial charge in [0.05, 0.1) is 5.60 Å². The molecule has 110 valence electrons. The first-order valence-electron chi connectivity index (χ1n) is 7.71. The lowest BCUT2D eigenvalue weighted by atomic mass is 9.82. The Bertz CT molecular complexity index is 415. The molecule has 3 rings (SSSR count). The van der Waals surface area contributed by atoms with E-state index in [1.54, 1.807) is 0 Å². The number of aromatic nitrogens is 2. The first kappa shape index (κ1) is 13.8. The quantitative estimate of drug-likeness (QED) is 0.909. The molecule has 0 radical (unpaired) electrons. The number of anilines is 1. The van der Waals surface area contributed by atoms with Crippen LogP contribution in [0.5, 0.6) is 0 Å². The zero-order valence-electron chi connectivity index (χ0n) is 12.2. The highest BCUT2D eigenvalue weighted by atomic mass is 16.5. The molecule has 0 aromatic carbocycles. The summed E-state index contributed by atoms with van der Waals surface area (Å²) in [5, 5.41) is 3.58. The molecule has 2 fully saturated rings. The van der Waals surface area contributed by atoms with Gasteiger partial charge in [-0.3, -0.25) is 0 Å². The number of hydrogen-bond acceptors (Lipinski definition) is 5. The van der Waals surface area contributed by atoms with Gasteiger partial charge < -0.3 is 15.0 Å². The van der Waals surface area contributed by atoms with E-state index in [1.807, 2.05) is 18.5 Å². The summed E-state index contributed by atoms with van der Waals surface area (Å²) < 4.78 is 6.16. The average molecular weight is 276 g/mol. The molecule has 2 aliphatic heterocycles. The van der Waals surface area contributed by atoms with Crippen LogP contribution in [-0.4, -0.2) is 47.9 Å². The van der Waals surface area contributed by atoms with Crippen molar-refractivity contribution in [2.45, 2.75) is 44.2 Å². The molecule has 20 heavy (non-hydrogen) atoms. The van der Waals surface area contributed by atoms with Crippen molar-refractivity contribution in [3.63, 3.8) is 0 Å². The predicted molar refractivity (Wildman–Crippen MR) is 78.9 cm³/mol. The van der Waals surface area contributed by atoms with E-state index in [4.69, 9.17) is 4.74 Å². The monoisotopic (exact) mass is 276 g/mol. The number of nitrogens with zero attached hydrogens (tertiary/aromatic N) is 3. The first-order chi connectivity index (χ1) is 9.81. The van der Waals surface area contributed by atoms with Crippen molar-refractivity contribution in [2.75, 3.05) is 31.1 Å². The van der Waals surface area contributed by atoms with E-state index in [0.717, 1.165) is 57.9 Å². The van der Waals surface area contributed by atoms with Crippen LogP contribution in [0.3, 0.4) is 0 Å². The zero-order valence-corrected chi connectivity index (χ0v) is 12.2. The Morgan fingerprint density at radius 1 is 1.35 bits per heavy atom. The van der Waals surface area contributed by atoms with E-state index in [-0.39, 0.29) is 5.60 Å². The molecule has 0 unspecified atom stereocenters. The van der Waals surface area contributed by atoms with E-state index < -0.39 is 0 Å². The second-order valence-electron chi connectivity index (χ2n) is 5.81. The minimum atomic E-state index is 0.0797. The van der Waals surface area contributed by atoms with E-state index >= 15 is 0 Å². The van der Waals surface area contributed by atoms with Crippen molar-refractivity contribution < 1.29 is 4.74 Å². The van der Waals surface area contributed by atoms with Gasteiger partial charge in [-0.25, -0.2) is 9.97 Å². The van der Waals surface area contributed by atoms with Gasteiger partial charge in [0.2, 0.25) is 5.95 Å². The Balaban J connectivity index is 1.60. The Hall–Kier alpha value is -1.20. The maximum atomic E-state index is 6.16. The SMILES string of the molecule is CCN[C@H]1CCOC2(CCN(c3ncccn3)CC2)C1. The van der Waals surface area contributed by atoms with E-state index in [1.165, 1.54) is 0 Å². The topological polar surface area (TPSA) is 50.3 Å². The summed E-state index contributed by atoms with van der Waals surface area (Å²) in [6.45, 7) is 6.09. The summed E-state index contributed by atoms with van der Waals surface area (Å²) in [4.78, 5) is 11.0. The van der Waals surface area contributed by atoms with Crippen molar-refractivity contribution in [3.05, 3.63) is 18.5 Å². The highest BCUT2D eigenvalue weighted by molar-refractivity contribution is 5.29. The molecule has 0 bridgehead atoms. The summed E-state index contributed by atoms with van der Waals surface area (Å²) >= 11 is 0. The van der Waals surface area contributed by atoms with Crippen LogP contribution in [0.1, 0.15) is 32.6 Å². The number of rotatable bonds is 3. The van der Waals surface area contributed by atoms with Gasteiger partial charge in [0.1, 0.15) is 0 Å². The highest BCUT2D eigenvalue weighted by Crippen LogP contribution is 2.35. The maximum absolute atomic E-state index is 6.16. The minimum absolute atomic E-state index is 0.0797. The maximum Gasteiger partial charge on any atom is 0.225 e. The average Bonchev–Trinajstić information content (AvgIpc) is 2.49. The van der Waals surface area contributed by atoms with Crippen molar-refractivity contribution in [1.29, 1.82) is 0 Å². The lowest BCUT2D eigenvalue weighted by molar-refractivity contribution is -0.102. The zero-order chi connectivity index (χ0) is 13.8. The molecule has 1 aromatic rings. The molecule has 1 aromatic heterocycles. The predicted octanol–water partition coefficient (Wildman–Crippen LogP) is 1.60. The van der Waals surface area contributed by atoms with Gasteiger partial charge in [-0.05, 0) is 38.3 Å².